The van der Waals surface area contributed by atoms with Gasteiger partial charge in [0.2, 0.25) is 0 Å². The van der Waals surface area contributed by atoms with Gasteiger partial charge in [-0.2, -0.15) is 5.10 Å². The van der Waals surface area contributed by atoms with Crippen LogP contribution in [-0.4, -0.2) is 21.4 Å². The second-order valence-corrected chi connectivity index (χ2v) is 6.16. The van der Waals surface area contributed by atoms with Gasteiger partial charge in [0.1, 0.15) is 5.60 Å². The lowest BCUT2D eigenvalue weighted by Crippen LogP contribution is -2.37. The second-order valence-electron chi connectivity index (χ2n) is 6.16. The Labute approximate surface area is 133 Å². The molecule has 1 aromatic carbocycles. The number of benzene rings is 1. The molecule has 2 unspecified atom stereocenters. The maximum Gasteiger partial charge on any atom is 0.102 e. The van der Waals surface area contributed by atoms with Crippen molar-refractivity contribution in [2.75, 3.05) is 6.54 Å². The summed E-state index contributed by atoms with van der Waals surface area (Å²) in [5.41, 5.74) is 1.19. The zero-order chi connectivity index (χ0) is 16.0. The topological polar surface area (TPSA) is 50.1 Å². The third-order valence-electron chi connectivity index (χ3n) is 4.07. The first-order chi connectivity index (χ1) is 10.5. The van der Waals surface area contributed by atoms with E-state index in [9.17, 15) is 5.11 Å². The Morgan fingerprint density at radius 3 is 2.64 bits per heavy atom. The van der Waals surface area contributed by atoms with Gasteiger partial charge in [0.15, 0.2) is 0 Å². The van der Waals surface area contributed by atoms with E-state index in [2.05, 4.69) is 41.6 Å². The summed E-state index contributed by atoms with van der Waals surface area (Å²) in [5.74, 6) is 0. The molecule has 0 fully saturated rings. The van der Waals surface area contributed by atoms with Crippen molar-refractivity contribution in [3.63, 3.8) is 0 Å². The minimum Gasteiger partial charge on any atom is -0.384 e. The SMILES string of the molecule is CCCCC(NCC(C)(O)c1cnn(C)c1)c1ccccc1. The number of hydrogen-bond acceptors (Lipinski definition) is 3. The highest BCUT2D eigenvalue weighted by molar-refractivity contribution is 5.20. The number of unbranched alkanes of at least 4 members (excludes halogenated alkanes) is 1. The zero-order valence-electron chi connectivity index (χ0n) is 13.8. The molecule has 0 aliphatic carbocycles. The summed E-state index contributed by atoms with van der Waals surface area (Å²) in [6.07, 6.45) is 7.01. The lowest BCUT2D eigenvalue weighted by molar-refractivity contribution is 0.0532. The van der Waals surface area contributed by atoms with E-state index in [4.69, 9.17) is 0 Å². The molecule has 0 aliphatic heterocycles. The Bertz CT molecular complexity index is 563. The van der Waals surface area contributed by atoms with Gasteiger partial charge in [0.05, 0.1) is 6.20 Å². The van der Waals surface area contributed by atoms with E-state index in [1.807, 2.05) is 26.2 Å². The van der Waals surface area contributed by atoms with Crippen LogP contribution in [0.25, 0.3) is 0 Å². The molecule has 1 aromatic heterocycles. The van der Waals surface area contributed by atoms with Crippen molar-refractivity contribution in [2.45, 2.75) is 44.8 Å². The number of aryl methyl sites for hydroxylation is 1. The van der Waals surface area contributed by atoms with E-state index in [-0.39, 0.29) is 6.04 Å². The lowest BCUT2D eigenvalue weighted by atomic mass is 9.96. The van der Waals surface area contributed by atoms with Crippen molar-refractivity contribution in [2.24, 2.45) is 7.05 Å². The summed E-state index contributed by atoms with van der Waals surface area (Å²) in [6, 6.07) is 10.7. The minimum atomic E-state index is -0.923. The van der Waals surface area contributed by atoms with Crippen LogP contribution in [0, 0.1) is 0 Å². The van der Waals surface area contributed by atoms with E-state index < -0.39 is 5.60 Å². The second kappa shape index (κ2) is 7.56. The van der Waals surface area contributed by atoms with Crippen LogP contribution in [0.4, 0.5) is 0 Å². The maximum atomic E-state index is 10.7. The summed E-state index contributed by atoms with van der Waals surface area (Å²) < 4.78 is 1.72. The van der Waals surface area contributed by atoms with Gasteiger partial charge in [0, 0.05) is 31.4 Å². The van der Waals surface area contributed by atoms with Crippen LogP contribution in [0.2, 0.25) is 0 Å². The molecule has 0 aliphatic rings. The van der Waals surface area contributed by atoms with Gasteiger partial charge in [-0.05, 0) is 18.9 Å². The Morgan fingerprint density at radius 1 is 1.32 bits per heavy atom. The van der Waals surface area contributed by atoms with Crippen LogP contribution in [0.3, 0.4) is 0 Å². The molecule has 2 aromatic rings. The molecule has 0 bridgehead atoms. The quantitative estimate of drug-likeness (QED) is 0.787. The molecule has 0 radical (unpaired) electrons. The molecular formula is C18H27N3O. The Morgan fingerprint density at radius 2 is 2.05 bits per heavy atom. The van der Waals surface area contributed by atoms with Crippen LogP contribution in [0.1, 0.15) is 50.3 Å². The molecule has 4 heteroatoms. The molecule has 120 valence electrons. The number of nitrogens with one attached hydrogen (secondary N) is 1. The first-order valence-electron chi connectivity index (χ1n) is 8.03. The molecule has 0 spiro atoms. The molecule has 1 heterocycles. The Kier molecular flexibility index (Phi) is 5.75. The van der Waals surface area contributed by atoms with Gasteiger partial charge < -0.3 is 10.4 Å². The largest absolute Gasteiger partial charge is 0.384 e. The lowest BCUT2D eigenvalue weighted by Gasteiger charge is -2.27. The third-order valence-corrected chi connectivity index (χ3v) is 4.07. The monoisotopic (exact) mass is 301 g/mol. The van der Waals surface area contributed by atoms with E-state index in [0.717, 1.165) is 12.0 Å². The van der Waals surface area contributed by atoms with Gasteiger partial charge in [-0.25, -0.2) is 0 Å². The summed E-state index contributed by atoms with van der Waals surface area (Å²) in [7, 11) is 1.86. The van der Waals surface area contributed by atoms with Crippen LogP contribution in [0.5, 0.6) is 0 Å². The third kappa shape index (κ3) is 4.42. The van der Waals surface area contributed by atoms with Crippen LogP contribution < -0.4 is 5.32 Å². The summed E-state index contributed by atoms with van der Waals surface area (Å²) in [5, 5.41) is 18.4. The van der Waals surface area contributed by atoms with Crippen molar-refractivity contribution in [1.82, 2.24) is 15.1 Å². The van der Waals surface area contributed by atoms with Gasteiger partial charge in [-0.1, -0.05) is 50.1 Å². The number of hydrogen-bond donors (Lipinski definition) is 2. The average molecular weight is 301 g/mol. The fourth-order valence-electron chi connectivity index (χ4n) is 2.60. The van der Waals surface area contributed by atoms with Crippen LogP contribution >= 0.6 is 0 Å². The van der Waals surface area contributed by atoms with E-state index >= 15 is 0 Å². The molecule has 2 N–H and O–H groups in total. The van der Waals surface area contributed by atoms with Crippen molar-refractivity contribution in [3.05, 3.63) is 53.9 Å². The fraction of sp³-hybridized carbons (Fsp3) is 0.500. The van der Waals surface area contributed by atoms with Gasteiger partial charge in [0.25, 0.3) is 0 Å². The van der Waals surface area contributed by atoms with E-state index in [1.54, 1.807) is 10.9 Å². The highest BCUT2D eigenvalue weighted by atomic mass is 16.3. The number of aliphatic hydroxyl groups is 1. The number of aromatic nitrogens is 2. The first-order valence-corrected chi connectivity index (χ1v) is 8.03. The van der Waals surface area contributed by atoms with Gasteiger partial charge in [-0.3, -0.25) is 4.68 Å². The number of rotatable bonds is 8. The smallest absolute Gasteiger partial charge is 0.102 e. The minimum absolute atomic E-state index is 0.268. The predicted molar refractivity (Wildman–Crippen MR) is 89.5 cm³/mol. The summed E-state index contributed by atoms with van der Waals surface area (Å²) >= 11 is 0. The summed E-state index contributed by atoms with van der Waals surface area (Å²) in [4.78, 5) is 0. The fourth-order valence-corrected chi connectivity index (χ4v) is 2.60. The van der Waals surface area contributed by atoms with Gasteiger partial charge >= 0.3 is 0 Å². The molecule has 22 heavy (non-hydrogen) atoms. The number of nitrogens with zero attached hydrogens (tertiary/aromatic N) is 2. The van der Waals surface area contributed by atoms with Crippen LogP contribution in [0.15, 0.2) is 42.7 Å². The maximum absolute atomic E-state index is 10.7. The molecule has 2 atom stereocenters. The predicted octanol–water partition coefficient (Wildman–Crippen LogP) is 3.15. The molecule has 0 saturated carbocycles. The van der Waals surface area contributed by atoms with Crippen LogP contribution in [-0.2, 0) is 12.6 Å². The van der Waals surface area contributed by atoms with Crippen molar-refractivity contribution in [1.29, 1.82) is 0 Å². The normalized spacial score (nSPS) is 15.5. The standard InChI is InChI=1S/C18H27N3O/c1-4-5-11-17(15-9-7-6-8-10-15)19-14-18(2,22)16-12-20-21(3)13-16/h6-10,12-13,17,19,22H,4-5,11,14H2,1-3H3. The zero-order valence-corrected chi connectivity index (χ0v) is 13.8. The van der Waals surface area contributed by atoms with Crippen molar-refractivity contribution >= 4 is 0 Å². The molecule has 0 saturated heterocycles. The average Bonchev–Trinajstić information content (AvgIpc) is 2.96. The van der Waals surface area contributed by atoms with E-state index in [0.29, 0.717) is 6.54 Å². The molecule has 4 nitrogen and oxygen atoms in total. The Hall–Kier alpha value is -1.65. The van der Waals surface area contributed by atoms with Gasteiger partial charge in [-0.15, -0.1) is 0 Å². The first kappa shape index (κ1) is 16.7. The molecule has 2 rings (SSSR count). The summed E-state index contributed by atoms with van der Waals surface area (Å²) in [6.45, 7) is 4.54. The highest BCUT2D eigenvalue weighted by Gasteiger charge is 2.26. The van der Waals surface area contributed by atoms with Crippen molar-refractivity contribution in [3.8, 4) is 0 Å². The Balaban J connectivity index is 2.04. The molecular weight excluding hydrogens is 274 g/mol. The van der Waals surface area contributed by atoms with E-state index in [1.165, 1.54) is 18.4 Å². The van der Waals surface area contributed by atoms with Crippen molar-refractivity contribution < 1.29 is 5.11 Å². The molecule has 0 amide bonds. The highest BCUT2D eigenvalue weighted by Crippen LogP contribution is 2.23.